The summed E-state index contributed by atoms with van der Waals surface area (Å²) in [5.74, 6) is 0. The van der Waals surface area contributed by atoms with E-state index < -0.39 is 6.04 Å². The molecule has 1 aliphatic rings. The van der Waals surface area contributed by atoms with Crippen LogP contribution in [-0.4, -0.2) is 12.3 Å². The summed E-state index contributed by atoms with van der Waals surface area (Å²) in [7, 11) is 0. The van der Waals surface area contributed by atoms with Crippen molar-refractivity contribution in [3.63, 3.8) is 0 Å². The number of hydrogen-bond donors (Lipinski definition) is 0. The fourth-order valence-electron chi connectivity index (χ4n) is 1.87. The van der Waals surface area contributed by atoms with Crippen LogP contribution in [0.3, 0.4) is 0 Å². The molecule has 0 nitrogen and oxygen atoms in total. The number of aryl methyl sites for hydroxylation is 1. The van der Waals surface area contributed by atoms with E-state index in [0.29, 0.717) is 0 Å². The first kappa shape index (κ1) is 8.47. The Bertz CT molecular complexity index is 343. The van der Waals surface area contributed by atoms with Crippen LogP contribution >= 0.6 is 6.04 Å². The van der Waals surface area contributed by atoms with Gasteiger partial charge in [0.2, 0.25) is 0 Å². The van der Waals surface area contributed by atoms with Gasteiger partial charge in [-0.05, 0) is 35.7 Å². The van der Waals surface area contributed by atoms with Crippen molar-refractivity contribution in [2.24, 2.45) is 0 Å². The number of benzene rings is 1. The van der Waals surface area contributed by atoms with Gasteiger partial charge in [-0.25, -0.2) is 0 Å². The molecule has 12 heavy (non-hydrogen) atoms. The molecule has 0 N–H and O–H groups in total. The molecule has 0 spiro atoms. The maximum atomic E-state index is 5.73. The third kappa shape index (κ3) is 1.16. The van der Waals surface area contributed by atoms with Crippen molar-refractivity contribution in [2.75, 3.05) is 12.3 Å². The standard InChI is InChI=1S/C10H13PS/c1-2-11(12)8-7-9-5-3-4-6-10(9)11/h3-6H,2,7-8H2,1H3. The molecule has 2 rings (SSSR count). The molecular formula is C10H13PS. The molecule has 0 saturated carbocycles. The molecule has 0 fully saturated rings. The van der Waals surface area contributed by atoms with Gasteiger partial charge in [0.15, 0.2) is 0 Å². The second-order valence-corrected chi connectivity index (χ2v) is 8.74. The molecule has 0 amide bonds. The van der Waals surface area contributed by atoms with Crippen molar-refractivity contribution >= 4 is 23.1 Å². The van der Waals surface area contributed by atoms with Gasteiger partial charge in [0.25, 0.3) is 0 Å². The van der Waals surface area contributed by atoms with Crippen molar-refractivity contribution in [1.82, 2.24) is 0 Å². The van der Waals surface area contributed by atoms with E-state index >= 15 is 0 Å². The second-order valence-electron chi connectivity index (χ2n) is 3.31. The number of rotatable bonds is 1. The second kappa shape index (κ2) is 2.97. The van der Waals surface area contributed by atoms with Crippen molar-refractivity contribution in [3.05, 3.63) is 29.8 Å². The zero-order valence-corrected chi connectivity index (χ0v) is 9.00. The predicted molar refractivity (Wildman–Crippen MR) is 59.5 cm³/mol. The lowest BCUT2D eigenvalue weighted by Gasteiger charge is -2.13. The fraction of sp³-hybridized carbons (Fsp3) is 0.400. The topological polar surface area (TPSA) is 0 Å². The molecule has 1 atom stereocenters. The molecule has 0 radical (unpaired) electrons. The maximum absolute atomic E-state index is 5.73. The molecule has 2 heteroatoms. The highest BCUT2D eigenvalue weighted by atomic mass is 32.4. The Morgan fingerprint density at radius 2 is 2.17 bits per heavy atom. The van der Waals surface area contributed by atoms with Crippen LogP contribution < -0.4 is 5.30 Å². The minimum atomic E-state index is -1.11. The Morgan fingerprint density at radius 3 is 2.92 bits per heavy atom. The smallest absolute Gasteiger partial charge is 0.0110 e. The van der Waals surface area contributed by atoms with E-state index in [-0.39, 0.29) is 0 Å². The number of fused-ring (bicyclic) bond motifs is 1. The largest absolute Gasteiger partial charge is 0.0926 e. The molecule has 0 bridgehead atoms. The van der Waals surface area contributed by atoms with Crippen LogP contribution in [0, 0.1) is 0 Å². The van der Waals surface area contributed by atoms with E-state index in [4.69, 9.17) is 11.8 Å². The zero-order valence-electron chi connectivity index (χ0n) is 7.29. The normalized spacial score (nSPS) is 27.1. The van der Waals surface area contributed by atoms with Crippen LogP contribution in [0.25, 0.3) is 0 Å². The SMILES string of the molecule is CCP1(=S)CCc2ccccc21. The zero-order chi connectivity index (χ0) is 8.60. The van der Waals surface area contributed by atoms with E-state index in [0.717, 1.165) is 0 Å². The van der Waals surface area contributed by atoms with Crippen LogP contribution in [-0.2, 0) is 18.2 Å². The summed E-state index contributed by atoms with van der Waals surface area (Å²) < 4.78 is 0. The Kier molecular flexibility index (Phi) is 2.10. The first-order valence-corrected chi connectivity index (χ1v) is 7.60. The highest BCUT2D eigenvalue weighted by Gasteiger charge is 2.26. The number of hydrogen-bond acceptors (Lipinski definition) is 1. The summed E-state index contributed by atoms with van der Waals surface area (Å²) in [5.41, 5.74) is 1.52. The first-order valence-electron chi connectivity index (χ1n) is 4.43. The van der Waals surface area contributed by atoms with Crippen molar-refractivity contribution in [3.8, 4) is 0 Å². The van der Waals surface area contributed by atoms with Gasteiger partial charge in [0.05, 0.1) is 0 Å². The molecule has 0 saturated heterocycles. The maximum Gasteiger partial charge on any atom is -0.0110 e. The fourth-order valence-corrected chi connectivity index (χ4v) is 5.25. The summed E-state index contributed by atoms with van der Waals surface area (Å²) >= 11 is 5.73. The van der Waals surface area contributed by atoms with E-state index in [1.165, 1.54) is 29.6 Å². The van der Waals surface area contributed by atoms with E-state index in [1.807, 2.05) is 0 Å². The van der Waals surface area contributed by atoms with Crippen LogP contribution in [0.4, 0.5) is 0 Å². The van der Waals surface area contributed by atoms with Gasteiger partial charge in [-0.1, -0.05) is 43.0 Å². The van der Waals surface area contributed by atoms with E-state index in [9.17, 15) is 0 Å². The summed E-state index contributed by atoms with van der Waals surface area (Å²) in [5, 5.41) is 1.52. The molecule has 0 aromatic heterocycles. The summed E-state index contributed by atoms with van der Waals surface area (Å²) in [6, 6.07) is 7.62. The molecule has 1 aliphatic heterocycles. The van der Waals surface area contributed by atoms with Gasteiger partial charge in [-0.15, -0.1) is 0 Å². The predicted octanol–water partition coefficient (Wildman–Crippen LogP) is 2.37. The summed E-state index contributed by atoms with van der Waals surface area (Å²) in [4.78, 5) is 0. The lowest BCUT2D eigenvalue weighted by Crippen LogP contribution is -2.03. The average molecular weight is 196 g/mol. The minimum Gasteiger partial charge on any atom is -0.0926 e. The van der Waals surface area contributed by atoms with Gasteiger partial charge < -0.3 is 0 Å². The van der Waals surface area contributed by atoms with E-state index in [1.54, 1.807) is 0 Å². The molecule has 1 unspecified atom stereocenters. The molecular weight excluding hydrogens is 183 g/mol. The summed E-state index contributed by atoms with van der Waals surface area (Å²) in [6.07, 6.45) is 3.68. The van der Waals surface area contributed by atoms with Gasteiger partial charge in [-0.2, -0.15) is 0 Å². The first-order chi connectivity index (χ1) is 5.76. The van der Waals surface area contributed by atoms with Gasteiger partial charge in [0, 0.05) is 0 Å². The van der Waals surface area contributed by atoms with Gasteiger partial charge >= 0.3 is 0 Å². The van der Waals surface area contributed by atoms with Crippen LogP contribution in [0.1, 0.15) is 12.5 Å². The molecule has 64 valence electrons. The van der Waals surface area contributed by atoms with Crippen LogP contribution in [0.5, 0.6) is 0 Å². The minimum absolute atomic E-state index is 1.11. The Labute approximate surface area is 79.0 Å². The van der Waals surface area contributed by atoms with Crippen molar-refractivity contribution in [1.29, 1.82) is 0 Å². The monoisotopic (exact) mass is 196 g/mol. The van der Waals surface area contributed by atoms with Crippen LogP contribution in [0.2, 0.25) is 0 Å². The third-order valence-corrected chi connectivity index (χ3v) is 7.88. The third-order valence-electron chi connectivity index (χ3n) is 2.68. The molecule has 0 aliphatic carbocycles. The lowest BCUT2D eigenvalue weighted by molar-refractivity contribution is 1.19. The molecule has 1 aromatic rings. The molecule has 1 heterocycles. The van der Waals surface area contributed by atoms with Gasteiger partial charge in [-0.3, -0.25) is 0 Å². The Morgan fingerprint density at radius 1 is 1.42 bits per heavy atom. The Balaban J connectivity index is 2.56. The Hall–Kier alpha value is -0.130. The van der Waals surface area contributed by atoms with Crippen molar-refractivity contribution < 1.29 is 0 Å². The lowest BCUT2D eigenvalue weighted by atomic mass is 10.2. The van der Waals surface area contributed by atoms with E-state index in [2.05, 4.69) is 31.2 Å². The van der Waals surface area contributed by atoms with Crippen LogP contribution in [0.15, 0.2) is 24.3 Å². The highest BCUT2D eigenvalue weighted by molar-refractivity contribution is 8.18. The van der Waals surface area contributed by atoms with Crippen molar-refractivity contribution in [2.45, 2.75) is 13.3 Å². The molecule has 1 aromatic carbocycles. The average Bonchev–Trinajstić information content (AvgIpc) is 2.46. The van der Waals surface area contributed by atoms with Gasteiger partial charge in [0.1, 0.15) is 0 Å². The highest BCUT2D eigenvalue weighted by Crippen LogP contribution is 2.49. The summed E-state index contributed by atoms with van der Waals surface area (Å²) in [6.45, 7) is 2.24. The quantitative estimate of drug-likeness (QED) is 0.621.